The van der Waals surface area contributed by atoms with Crippen LogP contribution in [0.2, 0.25) is 0 Å². The summed E-state index contributed by atoms with van der Waals surface area (Å²) in [6, 6.07) is 22.5. The normalized spacial score (nSPS) is 18.9. The highest BCUT2D eigenvalue weighted by Gasteiger charge is 2.33. The number of likely N-dealkylation sites (N-methyl/N-ethyl adjacent to an activating group) is 1. The number of benzene rings is 3. The first-order valence-electron chi connectivity index (χ1n) is 13.9. The predicted octanol–water partition coefficient (Wildman–Crippen LogP) is 5.47. The minimum atomic E-state index is -0.373. The number of aromatic nitrogens is 1. The van der Waals surface area contributed by atoms with Crippen molar-refractivity contribution in [3.63, 3.8) is 0 Å². The number of ether oxygens (including phenoxy) is 1. The number of halogens is 1. The van der Waals surface area contributed by atoms with Crippen LogP contribution in [0.25, 0.3) is 22.0 Å². The van der Waals surface area contributed by atoms with Gasteiger partial charge in [-0.25, -0.2) is 4.39 Å². The minimum absolute atomic E-state index is 0.0312. The molecule has 7 heteroatoms. The lowest BCUT2D eigenvalue weighted by Crippen LogP contribution is -2.47. The molecule has 4 aromatic rings. The highest BCUT2D eigenvalue weighted by atomic mass is 19.1. The second-order valence-electron chi connectivity index (χ2n) is 11.1. The van der Waals surface area contributed by atoms with Crippen molar-refractivity contribution < 1.29 is 19.0 Å². The predicted molar refractivity (Wildman–Crippen MR) is 156 cm³/mol. The second kappa shape index (κ2) is 11.9. The highest BCUT2D eigenvalue weighted by Crippen LogP contribution is 2.38. The van der Waals surface area contributed by atoms with Gasteiger partial charge < -0.3 is 19.3 Å². The fourth-order valence-electron chi connectivity index (χ4n) is 5.84. The number of hydrogen-bond donors (Lipinski definition) is 1. The Labute approximate surface area is 235 Å². The third-order valence-electron chi connectivity index (χ3n) is 8.06. The van der Waals surface area contributed by atoms with Crippen molar-refractivity contribution in [3.05, 3.63) is 95.4 Å². The molecule has 40 heavy (non-hydrogen) atoms. The van der Waals surface area contributed by atoms with Gasteiger partial charge in [0.1, 0.15) is 11.5 Å². The first kappa shape index (κ1) is 28.0. The van der Waals surface area contributed by atoms with Gasteiger partial charge in [0.05, 0.1) is 25.4 Å². The number of carbonyl (C=O) groups is 1. The summed E-state index contributed by atoms with van der Waals surface area (Å²) in [6.45, 7) is 5.84. The van der Waals surface area contributed by atoms with E-state index in [-0.39, 0.29) is 36.4 Å². The van der Waals surface area contributed by atoms with Crippen LogP contribution in [0.4, 0.5) is 4.39 Å². The van der Waals surface area contributed by atoms with Crippen molar-refractivity contribution >= 4 is 16.8 Å². The van der Waals surface area contributed by atoms with Crippen molar-refractivity contribution in [3.8, 4) is 11.1 Å². The van der Waals surface area contributed by atoms with Crippen LogP contribution in [0.5, 0.6) is 0 Å². The highest BCUT2D eigenvalue weighted by molar-refractivity contribution is 6.10. The van der Waals surface area contributed by atoms with Crippen LogP contribution in [0.15, 0.2) is 72.8 Å². The lowest BCUT2D eigenvalue weighted by Gasteiger charge is -2.35. The number of aliphatic hydroxyl groups excluding tert-OH is 1. The van der Waals surface area contributed by atoms with Crippen LogP contribution >= 0.6 is 0 Å². The fraction of sp³-hybridized carbons (Fsp3) is 0.364. The van der Waals surface area contributed by atoms with E-state index in [4.69, 9.17) is 4.74 Å². The number of aliphatic hydroxyl groups is 1. The first-order chi connectivity index (χ1) is 19.3. The molecule has 210 valence electrons. The van der Waals surface area contributed by atoms with Gasteiger partial charge in [-0.1, -0.05) is 61.5 Å². The van der Waals surface area contributed by atoms with Crippen molar-refractivity contribution in [1.29, 1.82) is 0 Å². The molecule has 6 nitrogen and oxygen atoms in total. The van der Waals surface area contributed by atoms with Gasteiger partial charge in [-0.15, -0.1) is 0 Å². The van der Waals surface area contributed by atoms with Crippen LogP contribution in [0.1, 0.15) is 35.5 Å². The maximum Gasteiger partial charge on any atom is 0.271 e. The average molecular weight is 544 g/mol. The lowest BCUT2D eigenvalue weighted by molar-refractivity contribution is -0.0242. The Balaban J connectivity index is 1.57. The molecule has 1 aliphatic rings. The molecule has 1 amide bonds. The quantitative estimate of drug-likeness (QED) is 0.350. The van der Waals surface area contributed by atoms with E-state index in [0.29, 0.717) is 31.9 Å². The van der Waals surface area contributed by atoms with E-state index in [1.165, 1.54) is 6.07 Å². The summed E-state index contributed by atoms with van der Waals surface area (Å²) in [5.41, 5.74) is 5.37. The van der Waals surface area contributed by atoms with E-state index in [2.05, 4.69) is 30.0 Å². The van der Waals surface area contributed by atoms with E-state index in [1.807, 2.05) is 62.0 Å². The summed E-state index contributed by atoms with van der Waals surface area (Å²) in [7, 11) is 3.94. The van der Waals surface area contributed by atoms with Crippen molar-refractivity contribution in [2.24, 2.45) is 13.0 Å². The third kappa shape index (κ3) is 5.55. The van der Waals surface area contributed by atoms with E-state index >= 15 is 0 Å². The van der Waals surface area contributed by atoms with Gasteiger partial charge in [-0.05, 0) is 48.9 Å². The molecule has 0 spiro atoms. The minimum Gasteiger partial charge on any atom is -0.394 e. The number of para-hydroxylation sites is 1. The molecular weight excluding hydrogens is 505 g/mol. The molecule has 1 aromatic heterocycles. The second-order valence-corrected chi connectivity index (χ2v) is 11.1. The van der Waals surface area contributed by atoms with Gasteiger partial charge in [0.25, 0.3) is 5.91 Å². The Morgan fingerprint density at radius 1 is 1.10 bits per heavy atom. The van der Waals surface area contributed by atoms with Crippen LogP contribution < -0.4 is 0 Å². The smallest absolute Gasteiger partial charge is 0.271 e. The zero-order valence-corrected chi connectivity index (χ0v) is 23.7. The van der Waals surface area contributed by atoms with E-state index in [9.17, 15) is 14.3 Å². The molecule has 0 fully saturated rings. The summed E-state index contributed by atoms with van der Waals surface area (Å²) in [5.74, 6) is -0.386. The standard InChI is InChI=1S/C33H38FN3O3/c1-22-17-37(23(2)20-38)33(39)32-31(28-14-7-8-15-29(28)36(32)4)27-13-6-5-11-25(27)21-40-30(22)19-35(3)18-24-10-9-12-26(34)16-24/h5-16,22-23,30,38H,17-21H2,1-4H3/t22-,23-,30+/m1/s1. The van der Waals surface area contributed by atoms with Crippen LogP contribution in [0.3, 0.4) is 0 Å². The van der Waals surface area contributed by atoms with Crippen LogP contribution in [0, 0.1) is 11.7 Å². The van der Waals surface area contributed by atoms with Crippen molar-refractivity contribution in [1.82, 2.24) is 14.4 Å². The zero-order chi connectivity index (χ0) is 28.4. The molecule has 5 rings (SSSR count). The number of amides is 1. The molecule has 0 radical (unpaired) electrons. The Morgan fingerprint density at radius 2 is 1.85 bits per heavy atom. The van der Waals surface area contributed by atoms with Gasteiger partial charge in [0, 0.05) is 49.1 Å². The molecule has 1 N–H and O–H groups in total. The van der Waals surface area contributed by atoms with Gasteiger partial charge in [-0.2, -0.15) is 0 Å². The van der Waals surface area contributed by atoms with E-state index in [0.717, 1.165) is 33.2 Å². The Bertz CT molecular complexity index is 1500. The summed E-state index contributed by atoms with van der Waals surface area (Å²) < 4.78 is 22.4. The van der Waals surface area contributed by atoms with Gasteiger partial charge >= 0.3 is 0 Å². The molecule has 0 aliphatic carbocycles. The summed E-state index contributed by atoms with van der Waals surface area (Å²) in [6.07, 6.45) is -0.203. The van der Waals surface area contributed by atoms with Crippen LogP contribution in [-0.2, 0) is 24.9 Å². The Hall–Kier alpha value is -3.52. The summed E-state index contributed by atoms with van der Waals surface area (Å²) in [4.78, 5) is 18.3. The Kier molecular flexibility index (Phi) is 8.35. The first-order valence-corrected chi connectivity index (χ1v) is 13.9. The molecule has 3 atom stereocenters. The summed E-state index contributed by atoms with van der Waals surface area (Å²) in [5, 5.41) is 11.2. The van der Waals surface area contributed by atoms with Gasteiger partial charge in [-0.3, -0.25) is 9.69 Å². The number of rotatable bonds is 6. The molecular formula is C33H38FN3O3. The van der Waals surface area contributed by atoms with Gasteiger partial charge in [0.2, 0.25) is 0 Å². The van der Waals surface area contributed by atoms with Crippen LogP contribution in [-0.4, -0.2) is 64.3 Å². The summed E-state index contributed by atoms with van der Waals surface area (Å²) >= 11 is 0. The number of nitrogens with zero attached hydrogens (tertiary/aromatic N) is 3. The largest absolute Gasteiger partial charge is 0.394 e. The third-order valence-corrected chi connectivity index (χ3v) is 8.06. The molecule has 0 saturated heterocycles. The van der Waals surface area contributed by atoms with Crippen molar-refractivity contribution in [2.45, 2.75) is 39.1 Å². The van der Waals surface area contributed by atoms with E-state index in [1.54, 1.807) is 17.0 Å². The maximum atomic E-state index is 14.4. The number of hydrogen-bond acceptors (Lipinski definition) is 4. The Morgan fingerprint density at radius 3 is 2.62 bits per heavy atom. The molecule has 0 saturated carbocycles. The number of aryl methyl sites for hydroxylation is 1. The van der Waals surface area contributed by atoms with E-state index < -0.39 is 0 Å². The molecule has 3 aromatic carbocycles. The lowest BCUT2D eigenvalue weighted by atomic mass is 9.96. The fourth-order valence-corrected chi connectivity index (χ4v) is 5.84. The average Bonchev–Trinajstić information content (AvgIpc) is 3.24. The molecule has 0 bridgehead atoms. The number of fused-ring (bicyclic) bond motifs is 5. The molecule has 1 aliphatic heterocycles. The number of carbonyl (C=O) groups excluding carboxylic acids is 1. The zero-order valence-electron chi connectivity index (χ0n) is 23.7. The molecule has 0 unspecified atom stereocenters. The molecule has 2 heterocycles. The van der Waals surface area contributed by atoms with Gasteiger partial charge in [0.15, 0.2) is 0 Å². The SMILES string of the molecule is C[C@@H]1CN([C@H](C)CO)C(=O)c2c(c3ccccc3n2C)-c2ccccc2CO[C@H]1CN(C)Cc1cccc(F)c1. The maximum absolute atomic E-state index is 14.4. The monoisotopic (exact) mass is 543 g/mol. The topological polar surface area (TPSA) is 57.9 Å². The van der Waals surface area contributed by atoms with Crippen molar-refractivity contribution in [2.75, 3.05) is 26.7 Å².